The number of fused-ring (bicyclic) bond motifs is 1. The van der Waals surface area contributed by atoms with Gasteiger partial charge in [0.1, 0.15) is 11.5 Å². The number of ether oxygens (including phenoxy) is 1. The van der Waals surface area contributed by atoms with Crippen LogP contribution >= 0.6 is 31.9 Å². The number of carbonyl (C=O) groups is 1. The second kappa shape index (κ2) is 5.22. The number of halogens is 2. The van der Waals surface area contributed by atoms with Gasteiger partial charge in [-0.05, 0) is 36.4 Å². The third-order valence-corrected chi connectivity index (χ3v) is 4.29. The molecule has 1 N–H and O–H groups in total. The number of aromatic hydroxyl groups is 1. The number of rotatable bonds is 1. The van der Waals surface area contributed by atoms with E-state index in [2.05, 4.69) is 31.9 Å². The molecule has 1 aliphatic rings. The van der Waals surface area contributed by atoms with Gasteiger partial charge in [-0.3, -0.25) is 4.79 Å². The molecule has 20 heavy (non-hydrogen) atoms. The molecule has 2 aromatic rings. The fourth-order valence-corrected chi connectivity index (χ4v) is 3.17. The van der Waals surface area contributed by atoms with Crippen molar-refractivity contribution in [1.82, 2.24) is 0 Å². The van der Waals surface area contributed by atoms with Crippen LogP contribution in [0.4, 0.5) is 0 Å². The number of phenols is 1. The number of hydrogen-bond acceptors (Lipinski definition) is 3. The molecule has 0 spiro atoms. The lowest BCUT2D eigenvalue weighted by Gasteiger charge is -2.25. The van der Waals surface area contributed by atoms with E-state index in [1.54, 1.807) is 18.2 Å². The third-order valence-electron chi connectivity index (χ3n) is 3.31. The van der Waals surface area contributed by atoms with Crippen molar-refractivity contribution in [2.75, 3.05) is 0 Å². The molecule has 1 heterocycles. The van der Waals surface area contributed by atoms with E-state index in [-0.39, 0.29) is 24.1 Å². The van der Waals surface area contributed by atoms with Gasteiger partial charge in [-0.2, -0.15) is 0 Å². The lowest BCUT2D eigenvalue weighted by molar-refractivity contribution is -0.135. The molecular weight excluding hydrogens is 388 g/mol. The first-order valence-electron chi connectivity index (χ1n) is 6.03. The minimum absolute atomic E-state index is 0.179. The van der Waals surface area contributed by atoms with E-state index in [1.165, 1.54) is 0 Å². The predicted octanol–water partition coefficient (Wildman–Crippen LogP) is 4.36. The summed E-state index contributed by atoms with van der Waals surface area (Å²) in [6.45, 7) is 0. The van der Waals surface area contributed by atoms with Gasteiger partial charge in [-0.25, -0.2) is 0 Å². The quantitative estimate of drug-likeness (QED) is 0.574. The zero-order valence-electron chi connectivity index (χ0n) is 10.3. The summed E-state index contributed by atoms with van der Waals surface area (Å²) in [6, 6.07) is 10.7. The summed E-state index contributed by atoms with van der Waals surface area (Å²) in [6.07, 6.45) is 0.216. The van der Waals surface area contributed by atoms with Gasteiger partial charge in [0.15, 0.2) is 0 Å². The minimum atomic E-state index is -0.288. The van der Waals surface area contributed by atoms with Crippen molar-refractivity contribution in [3.05, 3.63) is 56.5 Å². The van der Waals surface area contributed by atoms with E-state index < -0.39 is 0 Å². The third kappa shape index (κ3) is 2.47. The molecule has 102 valence electrons. The maximum Gasteiger partial charge on any atom is 0.312 e. The summed E-state index contributed by atoms with van der Waals surface area (Å²) >= 11 is 6.82. The molecule has 1 atom stereocenters. The number of carbonyl (C=O) groups excluding carboxylic acids is 1. The maximum absolute atomic E-state index is 11.8. The fraction of sp³-hybridized carbons (Fsp3) is 0.133. The first-order chi connectivity index (χ1) is 9.54. The monoisotopic (exact) mass is 396 g/mol. The molecule has 0 amide bonds. The summed E-state index contributed by atoms with van der Waals surface area (Å²) in [5.74, 6) is 0.234. The zero-order chi connectivity index (χ0) is 14.3. The Morgan fingerprint density at radius 3 is 2.45 bits per heavy atom. The molecule has 0 bridgehead atoms. The van der Waals surface area contributed by atoms with Gasteiger partial charge in [-0.1, -0.05) is 31.9 Å². The highest BCUT2D eigenvalue weighted by atomic mass is 79.9. The van der Waals surface area contributed by atoms with Crippen LogP contribution in [0.15, 0.2) is 45.3 Å². The average molecular weight is 398 g/mol. The number of hydrogen-bond donors (Lipinski definition) is 1. The lowest BCUT2D eigenvalue weighted by Crippen LogP contribution is -2.21. The van der Waals surface area contributed by atoms with Gasteiger partial charge in [0.25, 0.3) is 0 Å². The molecule has 1 unspecified atom stereocenters. The van der Waals surface area contributed by atoms with Crippen molar-refractivity contribution in [2.24, 2.45) is 0 Å². The first kappa shape index (κ1) is 13.6. The molecule has 0 saturated carbocycles. The Balaban J connectivity index is 2.17. The lowest BCUT2D eigenvalue weighted by atomic mass is 9.86. The smallest absolute Gasteiger partial charge is 0.312 e. The minimum Gasteiger partial charge on any atom is -0.508 e. The Hall–Kier alpha value is -1.33. The Morgan fingerprint density at radius 2 is 1.70 bits per heavy atom. The molecule has 5 heteroatoms. The van der Waals surface area contributed by atoms with Crippen LogP contribution < -0.4 is 4.74 Å². The van der Waals surface area contributed by atoms with Gasteiger partial charge in [-0.15, -0.1) is 0 Å². The molecule has 0 aliphatic carbocycles. The SMILES string of the molecule is O=C1CC(c2cc(Br)ccc2O)c2cc(Br)ccc2O1. The van der Waals surface area contributed by atoms with Gasteiger partial charge in [0.2, 0.25) is 0 Å². The second-order valence-electron chi connectivity index (χ2n) is 4.62. The molecule has 0 saturated heterocycles. The highest BCUT2D eigenvalue weighted by Gasteiger charge is 2.30. The van der Waals surface area contributed by atoms with Crippen molar-refractivity contribution >= 4 is 37.8 Å². The number of benzene rings is 2. The first-order valence-corrected chi connectivity index (χ1v) is 7.62. The number of phenolic OH excluding ortho intramolecular Hbond substituents is 1. The van der Waals surface area contributed by atoms with Crippen LogP contribution in [0.1, 0.15) is 23.5 Å². The molecule has 0 aromatic heterocycles. The van der Waals surface area contributed by atoms with E-state index in [0.717, 1.165) is 20.1 Å². The molecule has 0 fully saturated rings. The van der Waals surface area contributed by atoms with Gasteiger partial charge < -0.3 is 9.84 Å². The predicted molar refractivity (Wildman–Crippen MR) is 82.0 cm³/mol. The van der Waals surface area contributed by atoms with Crippen molar-refractivity contribution in [3.63, 3.8) is 0 Å². The highest BCUT2D eigenvalue weighted by Crippen LogP contribution is 2.43. The van der Waals surface area contributed by atoms with Crippen molar-refractivity contribution in [1.29, 1.82) is 0 Å². The Labute approximate surface area is 132 Å². The van der Waals surface area contributed by atoms with Crippen LogP contribution in [0.25, 0.3) is 0 Å². The summed E-state index contributed by atoms with van der Waals surface area (Å²) in [5.41, 5.74) is 1.61. The Kier molecular flexibility index (Phi) is 3.56. The van der Waals surface area contributed by atoms with Gasteiger partial charge >= 0.3 is 5.97 Å². The standard InChI is InChI=1S/C15H10Br2O3/c16-8-1-3-13(18)11(5-8)10-7-15(19)20-14-4-2-9(17)6-12(10)14/h1-6,10,18H,7H2. The molecule has 3 rings (SSSR count). The topological polar surface area (TPSA) is 46.5 Å². The van der Waals surface area contributed by atoms with Gasteiger partial charge in [0, 0.05) is 26.0 Å². The van der Waals surface area contributed by atoms with Crippen LogP contribution in [0.5, 0.6) is 11.5 Å². The van der Waals surface area contributed by atoms with E-state index in [4.69, 9.17) is 4.74 Å². The molecule has 1 aliphatic heterocycles. The van der Waals surface area contributed by atoms with Gasteiger partial charge in [0.05, 0.1) is 6.42 Å². The molecular formula is C15H10Br2O3. The Morgan fingerprint density at radius 1 is 1.05 bits per heavy atom. The van der Waals surface area contributed by atoms with Crippen molar-refractivity contribution < 1.29 is 14.6 Å². The highest BCUT2D eigenvalue weighted by molar-refractivity contribution is 9.10. The van der Waals surface area contributed by atoms with E-state index in [1.807, 2.05) is 18.2 Å². The van der Waals surface area contributed by atoms with Crippen LogP contribution in [-0.4, -0.2) is 11.1 Å². The second-order valence-corrected chi connectivity index (χ2v) is 6.45. The van der Waals surface area contributed by atoms with Crippen molar-refractivity contribution in [2.45, 2.75) is 12.3 Å². The van der Waals surface area contributed by atoms with E-state index in [0.29, 0.717) is 5.75 Å². The van der Waals surface area contributed by atoms with Crippen LogP contribution in [0, 0.1) is 0 Å². The molecule has 0 radical (unpaired) electrons. The normalized spacial score (nSPS) is 17.5. The largest absolute Gasteiger partial charge is 0.508 e. The van der Waals surface area contributed by atoms with Crippen LogP contribution in [0.2, 0.25) is 0 Å². The summed E-state index contributed by atoms with van der Waals surface area (Å²) in [5, 5.41) is 10.1. The molecule has 3 nitrogen and oxygen atoms in total. The summed E-state index contributed by atoms with van der Waals surface area (Å²) < 4.78 is 7.03. The maximum atomic E-state index is 11.8. The number of esters is 1. The zero-order valence-corrected chi connectivity index (χ0v) is 13.4. The van der Waals surface area contributed by atoms with Crippen molar-refractivity contribution in [3.8, 4) is 11.5 Å². The van der Waals surface area contributed by atoms with Crippen LogP contribution in [0.3, 0.4) is 0 Å². The Bertz CT molecular complexity index is 698. The van der Waals surface area contributed by atoms with Crippen LogP contribution in [-0.2, 0) is 4.79 Å². The fourth-order valence-electron chi connectivity index (χ4n) is 2.41. The average Bonchev–Trinajstić information content (AvgIpc) is 2.41. The van der Waals surface area contributed by atoms with E-state index in [9.17, 15) is 9.90 Å². The molecule has 2 aromatic carbocycles. The summed E-state index contributed by atoms with van der Waals surface area (Å²) in [4.78, 5) is 11.8. The summed E-state index contributed by atoms with van der Waals surface area (Å²) in [7, 11) is 0. The van der Waals surface area contributed by atoms with E-state index >= 15 is 0 Å².